The summed E-state index contributed by atoms with van der Waals surface area (Å²) < 4.78 is 22.5. The summed E-state index contributed by atoms with van der Waals surface area (Å²) in [6.07, 6.45) is 0.826. The summed E-state index contributed by atoms with van der Waals surface area (Å²) >= 11 is 1.15. The largest absolute Gasteiger partial charge is 0.476 e. The van der Waals surface area contributed by atoms with Gasteiger partial charge in [-0.3, -0.25) is 0 Å². The van der Waals surface area contributed by atoms with Crippen molar-refractivity contribution >= 4 is 33.2 Å². The molecule has 0 aliphatic carbocycles. The molecule has 2 rings (SSSR count). The van der Waals surface area contributed by atoms with Gasteiger partial charge in [-0.25, -0.2) is 23.0 Å². The second-order valence-corrected chi connectivity index (χ2v) is 7.93. The summed E-state index contributed by atoms with van der Waals surface area (Å²) in [6.45, 7) is 0.134. The Morgan fingerprint density at radius 3 is 2.62 bits per heavy atom. The smallest absolute Gasteiger partial charge is 0.355 e. The Morgan fingerprint density at radius 2 is 2.05 bits per heavy atom. The summed E-state index contributed by atoms with van der Waals surface area (Å²) in [5, 5.41) is 15.9. The lowest BCUT2D eigenvalue weighted by Crippen LogP contribution is -2.45. The molecule has 0 radical (unpaired) electrons. The van der Waals surface area contributed by atoms with E-state index in [1.165, 1.54) is 5.38 Å². The van der Waals surface area contributed by atoms with E-state index in [0.29, 0.717) is 17.8 Å². The van der Waals surface area contributed by atoms with Gasteiger partial charge in [0.05, 0.1) is 18.1 Å². The fourth-order valence-corrected chi connectivity index (χ4v) is 4.12. The Hall–Kier alpha value is -1.68. The van der Waals surface area contributed by atoms with Crippen LogP contribution in [0.5, 0.6) is 0 Å². The van der Waals surface area contributed by atoms with Crippen LogP contribution in [0.4, 0.5) is 4.79 Å². The number of carboxylic acid groups (broad SMARTS) is 1. The molecule has 21 heavy (non-hydrogen) atoms. The Balaban J connectivity index is 1.76. The van der Waals surface area contributed by atoms with Crippen LogP contribution in [0.1, 0.15) is 28.3 Å². The van der Waals surface area contributed by atoms with Crippen LogP contribution in [-0.4, -0.2) is 48.1 Å². The minimum atomic E-state index is -2.95. The predicted molar refractivity (Wildman–Crippen MR) is 76.1 cm³/mol. The van der Waals surface area contributed by atoms with Crippen molar-refractivity contribution in [2.24, 2.45) is 0 Å². The van der Waals surface area contributed by atoms with E-state index >= 15 is 0 Å². The van der Waals surface area contributed by atoms with E-state index in [1.807, 2.05) is 0 Å². The third-order valence-corrected chi connectivity index (χ3v) is 5.63. The molecule has 10 heteroatoms. The first-order valence-electron chi connectivity index (χ1n) is 6.28. The summed E-state index contributed by atoms with van der Waals surface area (Å²) in [4.78, 5) is 26.2. The van der Waals surface area contributed by atoms with E-state index in [0.717, 1.165) is 11.3 Å². The van der Waals surface area contributed by atoms with Crippen molar-refractivity contribution in [1.29, 1.82) is 0 Å². The van der Waals surface area contributed by atoms with Crippen LogP contribution < -0.4 is 10.6 Å². The molecule has 0 saturated carbocycles. The molecule has 116 valence electrons. The molecule has 2 heterocycles. The normalized spacial score (nSPS) is 18.1. The van der Waals surface area contributed by atoms with E-state index in [1.54, 1.807) is 0 Å². The Kier molecular flexibility index (Phi) is 4.78. The summed E-state index contributed by atoms with van der Waals surface area (Å²) in [6, 6.07) is -0.564. The number of thiazole rings is 1. The number of hydrogen-bond acceptors (Lipinski definition) is 6. The summed E-state index contributed by atoms with van der Waals surface area (Å²) in [5.41, 5.74) is -0.0466. The van der Waals surface area contributed by atoms with E-state index in [2.05, 4.69) is 15.6 Å². The molecule has 0 bridgehead atoms. The zero-order valence-corrected chi connectivity index (χ0v) is 12.7. The molecule has 1 aromatic rings. The number of rotatable bonds is 4. The number of sulfone groups is 1. The van der Waals surface area contributed by atoms with Crippen molar-refractivity contribution in [1.82, 2.24) is 15.6 Å². The van der Waals surface area contributed by atoms with Crippen molar-refractivity contribution in [2.75, 3.05) is 11.5 Å². The first-order valence-corrected chi connectivity index (χ1v) is 8.98. The molecule has 0 spiro atoms. The number of hydrogen-bond donors (Lipinski definition) is 3. The molecule has 0 atom stereocenters. The summed E-state index contributed by atoms with van der Waals surface area (Å²) in [5.74, 6) is -0.927. The van der Waals surface area contributed by atoms with Crippen molar-refractivity contribution in [3.8, 4) is 0 Å². The minimum absolute atomic E-state index is 0.0466. The number of aromatic carboxylic acids is 1. The predicted octanol–water partition coefficient (Wildman–Crippen LogP) is 0.218. The van der Waals surface area contributed by atoms with Crippen molar-refractivity contribution in [2.45, 2.75) is 25.4 Å². The molecular weight excluding hydrogens is 318 g/mol. The number of urea groups is 1. The van der Waals surface area contributed by atoms with Gasteiger partial charge >= 0.3 is 12.0 Å². The van der Waals surface area contributed by atoms with E-state index < -0.39 is 21.8 Å². The van der Waals surface area contributed by atoms with Crippen LogP contribution in [-0.2, 0) is 16.4 Å². The van der Waals surface area contributed by atoms with Gasteiger partial charge in [-0.2, -0.15) is 0 Å². The lowest BCUT2D eigenvalue weighted by molar-refractivity contribution is 0.0691. The zero-order valence-electron chi connectivity index (χ0n) is 11.0. The standard InChI is InChI=1S/C11H15N3O5S2/c15-10(16)8-6-20-9(14-8)5-12-11(17)13-7-1-3-21(18,19)4-2-7/h6-7H,1-5H2,(H,15,16)(H2,12,13,17). The number of carboxylic acids is 1. The molecule has 1 aliphatic rings. The number of nitrogens with one attached hydrogen (secondary N) is 2. The van der Waals surface area contributed by atoms with Gasteiger partial charge in [-0.05, 0) is 12.8 Å². The summed E-state index contributed by atoms with van der Waals surface area (Å²) in [7, 11) is -2.95. The molecule has 3 N–H and O–H groups in total. The maximum absolute atomic E-state index is 11.7. The van der Waals surface area contributed by atoms with E-state index in [9.17, 15) is 18.0 Å². The van der Waals surface area contributed by atoms with Gasteiger partial charge in [-0.15, -0.1) is 11.3 Å². The van der Waals surface area contributed by atoms with Crippen LogP contribution in [0.25, 0.3) is 0 Å². The van der Waals surface area contributed by atoms with Gasteiger partial charge in [0, 0.05) is 11.4 Å². The molecule has 0 unspecified atom stereocenters. The molecule has 1 fully saturated rings. The van der Waals surface area contributed by atoms with Gasteiger partial charge in [0.1, 0.15) is 14.8 Å². The fraction of sp³-hybridized carbons (Fsp3) is 0.545. The van der Waals surface area contributed by atoms with Gasteiger partial charge in [-0.1, -0.05) is 0 Å². The highest BCUT2D eigenvalue weighted by Gasteiger charge is 2.24. The van der Waals surface area contributed by atoms with Gasteiger partial charge < -0.3 is 15.7 Å². The Morgan fingerprint density at radius 1 is 1.38 bits per heavy atom. The van der Waals surface area contributed by atoms with Gasteiger partial charge in [0.15, 0.2) is 5.69 Å². The second kappa shape index (κ2) is 6.39. The topological polar surface area (TPSA) is 125 Å². The quantitative estimate of drug-likeness (QED) is 0.723. The van der Waals surface area contributed by atoms with Gasteiger partial charge in [0.2, 0.25) is 0 Å². The monoisotopic (exact) mass is 333 g/mol. The first-order chi connectivity index (χ1) is 9.85. The van der Waals surface area contributed by atoms with E-state index in [4.69, 9.17) is 5.11 Å². The third kappa shape index (κ3) is 4.67. The number of nitrogens with zero attached hydrogens (tertiary/aromatic N) is 1. The average molecular weight is 333 g/mol. The molecule has 0 aromatic carbocycles. The number of amides is 2. The SMILES string of the molecule is O=C(NCc1nc(C(=O)O)cs1)NC1CCS(=O)(=O)CC1. The molecule has 1 aromatic heterocycles. The first kappa shape index (κ1) is 15.7. The molecule has 1 saturated heterocycles. The fourth-order valence-electron chi connectivity index (χ4n) is 1.92. The molecule has 8 nitrogen and oxygen atoms in total. The number of aromatic nitrogens is 1. The molecular formula is C11H15N3O5S2. The van der Waals surface area contributed by atoms with Crippen LogP contribution in [0.2, 0.25) is 0 Å². The number of carbonyl (C=O) groups is 2. The van der Waals surface area contributed by atoms with Crippen molar-refractivity contribution in [3.05, 3.63) is 16.1 Å². The zero-order chi connectivity index (χ0) is 15.5. The van der Waals surface area contributed by atoms with Gasteiger partial charge in [0.25, 0.3) is 0 Å². The Bertz CT molecular complexity index is 626. The van der Waals surface area contributed by atoms with Crippen LogP contribution in [0.3, 0.4) is 0 Å². The second-order valence-electron chi connectivity index (χ2n) is 4.68. The van der Waals surface area contributed by atoms with E-state index in [-0.39, 0.29) is 29.8 Å². The van der Waals surface area contributed by atoms with Crippen molar-refractivity contribution < 1.29 is 23.1 Å². The van der Waals surface area contributed by atoms with Crippen LogP contribution >= 0.6 is 11.3 Å². The van der Waals surface area contributed by atoms with Crippen LogP contribution in [0, 0.1) is 0 Å². The Labute approximate surface area is 125 Å². The average Bonchev–Trinajstić information content (AvgIpc) is 2.88. The maximum atomic E-state index is 11.7. The number of carbonyl (C=O) groups excluding carboxylic acids is 1. The highest BCUT2D eigenvalue weighted by molar-refractivity contribution is 7.91. The van der Waals surface area contributed by atoms with Crippen LogP contribution in [0.15, 0.2) is 5.38 Å². The molecule has 1 aliphatic heterocycles. The lowest BCUT2D eigenvalue weighted by Gasteiger charge is -2.22. The highest BCUT2D eigenvalue weighted by atomic mass is 32.2. The molecule has 2 amide bonds. The minimum Gasteiger partial charge on any atom is -0.476 e. The highest BCUT2D eigenvalue weighted by Crippen LogP contribution is 2.12. The third-order valence-electron chi connectivity index (χ3n) is 3.06. The van der Waals surface area contributed by atoms with Crippen molar-refractivity contribution in [3.63, 3.8) is 0 Å². The lowest BCUT2D eigenvalue weighted by atomic mass is 10.2. The maximum Gasteiger partial charge on any atom is 0.355 e.